The third kappa shape index (κ3) is 2.51. The molecule has 1 aromatic carbocycles. The van der Waals surface area contributed by atoms with Gasteiger partial charge in [0.2, 0.25) is 0 Å². The van der Waals surface area contributed by atoms with Crippen LogP contribution in [0.2, 0.25) is 0 Å². The van der Waals surface area contributed by atoms with Crippen LogP contribution in [0, 0.1) is 0 Å². The van der Waals surface area contributed by atoms with Crippen molar-refractivity contribution >= 4 is 6.09 Å². The summed E-state index contributed by atoms with van der Waals surface area (Å²) in [4.78, 5) is 13.0. The van der Waals surface area contributed by atoms with E-state index in [1.807, 2.05) is 30.3 Å². The third-order valence-electron chi connectivity index (χ3n) is 4.12. The summed E-state index contributed by atoms with van der Waals surface area (Å²) < 4.78 is 5.38. The van der Waals surface area contributed by atoms with Gasteiger partial charge in [-0.1, -0.05) is 30.3 Å². The van der Waals surface area contributed by atoms with E-state index in [0.717, 1.165) is 5.56 Å². The number of amides is 1. The molecular formula is C15H21NO4. The molecule has 1 aliphatic heterocycles. The molecule has 20 heavy (non-hydrogen) atoms. The molecule has 0 spiro atoms. The summed E-state index contributed by atoms with van der Waals surface area (Å²) in [6.07, 6.45) is 0.630. The average molecular weight is 279 g/mol. The van der Waals surface area contributed by atoms with Gasteiger partial charge < -0.3 is 14.9 Å². The number of hydrogen-bond acceptors (Lipinski definition) is 4. The zero-order valence-electron chi connectivity index (χ0n) is 11.9. The molecule has 110 valence electrons. The summed E-state index contributed by atoms with van der Waals surface area (Å²) in [5.41, 5.74) is -1.29. The number of β-amino-alcohol motifs (C(OH)–C–C–N with tert-alkyl or cyclic N) is 1. The van der Waals surface area contributed by atoms with Crippen molar-refractivity contribution in [1.29, 1.82) is 0 Å². The van der Waals surface area contributed by atoms with Crippen LogP contribution in [0.1, 0.15) is 25.8 Å². The lowest BCUT2D eigenvalue weighted by Crippen LogP contribution is -2.55. The molecule has 1 amide bonds. The van der Waals surface area contributed by atoms with E-state index in [1.165, 1.54) is 4.90 Å². The SMILES string of the molecule is C[C@@]1(CCc2ccccc2)OC(=O)N(CCO)[C@@]1(C)O. The highest BCUT2D eigenvalue weighted by atomic mass is 16.6. The second kappa shape index (κ2) is 5.42. The van der Waals surface area contributed by atoms with Gasteiger partial charge in [0.1, 0.15) is 0 Å². The largest absolute Gasteiger partial charge is 0.438 e. The Morgan fingerprint density at radius 3 is 2.50 bits per heavy atom. The smallest absolute Gasteiger partial charge is 0.412 e. The molecule has 0 aromatic heterocycles. The molecule has 0 bridgehead atoms. The van der Waals surface area contributed by atoms with Crippen molar-refractivity contribution in [2.45, 2.75) is 38.0 Å². The number of ether oxygens (including phenoxy) is 1. The summed E-state index contributed by atoms with van der Waals surface area (Å²) >= 11 is 0. The number of carbonyl (C=O) groups is 1. The van der Waals surface area contributed by atoms with Gasteiger partial charge in [-0.15, -0.1) is 0 Å². The Hall–Kier alpha value is -1.59. The molecule has 5 nitrogen and oxygen atoms in total. The van der Waals surface area contributed by atoms with Crippen molar-refractivity contribution in [3.63, 3.8) is 0 Å². The maximum Gasteiger partial charge on any atom is 0.412 e. The van der Waals surface area contributed by atoms with Crippen LogP contribution in [0.25, 0.3) is 0 Å². The number of carbonyl (C=O) groups excluding carboxylic acids is 1. The fourth-order valence-electron chi connectivity index (χ4n) is 2.53. The standard InChI is InChI=1S/C15H21NO4/c1-14(9-8-12-6-4-3-5-7-12)15(2,19)16(10-11-17)13(18)20-14/h3-7,17,19H,8-11H2,1-2H3/t14-,15-/m0/s1. The number of rotatable bonds is 5. The van der Waals surface area contributed by atoms with Crippen LogP contribution in [0.5, 0.6) is 0 Å². The Labute approximate surface area is 118 Å². The molecule has 1 aliphatic rings. The Kier molecular flexibility index (Phi) is 4.01. The highest BCUT2D eigenvalue weighted by Gasteiger charge is 2.58. The summed E-state index contributed by atoms with van der Waals surface area (Å²) in [5, 5.41) is 19.6. The number of aliphatic hydroxyl groups is 2. The second-order valence-corrected chi connectivity index (χ2v) is 5.48. The number of benzene rings is 1. The van der Waals surface area contributed by atoms with E-state index in [0.29, 0.717) is 12.8 Å². The van der Waals surface area contributed by atoms with Crippen LogP contribution < -0.4 is 0 Å². The van der Waals surface area contributed by atoms with Gasteiger partial charge in [-0.25, -0.2) is 4.79 Å². The monoisotopic (exact) mass is 279 g/mol. The Balaban J connectivity index is 2.11. The van der Waals surface area contributed by atoms with Crippen molar-refractivity contribution in [3.05, 3.63) is 35.9 Å². The summed E-state index contributed by atoms with van der Waals surface area (Å²) in [5.74, 6) is 0. The Morgan fingerprint density at radius 1 is 1.25 bits per heavy atom. The average Bonchev–Trinajstić information content (AvgIpc) is 2.58. The summed E-state index contributed by atoms with van der Waals surface area (Å²) in [7, 11) is 0. The lowest BCUT2D eigenvalue weighted by molar-refractivity contribution is -0.140. The molecule has 0 radical (unpaired) electrons. The Bertz CT molecular complexity index is 474. The maximum atomic E-state index is 11.8. The molecule has 0 aliphatic carbocycles. The molecule has 1 aromatic rings. The van der Waals surface area contributed by atoms with Gasteiger partial charge in [-0.2, -0.15) is 0 Å². The van der Waals surface area contributed by atoms with E-state index >= 15 is 0 Å². The van der Waals surface area contributed by atoms with Crippen LogP contribution in [0.15, 0.2) is 30.3 Å². The first-order valence-electron chi connectivity index (χ1n) is 6.78. The van der Waals surface area contributed by atoms with Gasteiger partial charge in [0, 0.05) is 0 Å². The minimum Gasteiger partial charge on any atom is -0.438 e. The van der Waals surface area contributed by atoms with Crippen molar-refractivity contribution in [2.75, 3.05) is 13.2 Å². The molecule has 2 atom stereocenters. The summed E-state index contributed by atoms with van der Waals surface area (Å²) in [6.45, 7) is 3.14. The fourth-order valence-corrected chi connectivity index (χ4v) is 2.53. The second-order valence-electron chi connectivity index (χ2n) is 5.48. The van der Waals surface area contributed by atoms with Crippen LogP contribution in [0.3, 0.4) is 0 Å². The van der Waals surface area contributed by atoms with Gasteiger partial charge in [0.15, 0.2) is 11.3 Å². The topological polar surface area (TPSA) is 70.0 Å². The van der Waals surface area contributed by atoms with E-state index in [4.69, 9.17) is 9.84 Å². The first-order chi connectivity index (χ1) is 9.40. The zero-order valence-corrected chi connectivity index (χ0v) is 11.9. The van der Waals surface area contributed by atoms with Gasteiger partial charge >= 0.3 is 6.09 Å². The maximum absolute atomic E-state index is 11.8. The molecular weight excluding hydrogens is 258 g/mol. The summed E-state index contributed by atoms with van der Waals surface area (Å²) in [6, 6.07) is 9.85. The molecule has 5 heteroatoms. The lowest BCUT2D eigenvalue weighted by Gasteiger charge is -2.37. The first-order valence-corrected chi connectivity index (χ1v) is 6.78. The molecule has 0 saturated carbocycles. The van der Waals surface area contributed by atoms with Crippen LogP contribution in [-0.2, 0) is 11.2 Å². The van der Waals surface area contributed by atoms with E-state index in [9.17, 15) is 9.90 Å². The quantitative estimate of drug-likeness (QED) is 0.857. The molecule has 0 unspecified atom stereocenters. The predicted molar refractivity (Wildman–Crippen MR) is 74.1 cm³/mol. The number of hydrogen-bond donors (Lipinski definition) is 2. The van der Waals surface area contributed by atoms with Crippen LogP contribution in [0.4, 0.5) is 4.79 Å². The van der Waals surface area contributed by atoms with Gasteiger partial charge in [0.05, 0.1) is 13.2 Å². The number of aryl methyl sites for hydroxylation is 1. The van der Waals surface area contributed by atoms with Crippen molar-refractivity contribution in [2.24, 2.45) is 0 Å². The normalized spacial score (nSPS) is 29.6. The van der Waals surface area contributed by atoms with Crippen molar-refractivity contribution in [3.8, 4) is 0 Å². The zero-order chi connectivity index (χ0) is 14.8. The Morgan fingerprint density at radius 2 is 1.90 bits per heavy atom. The third-order valence-corrected chi connectivity index (χ3v) is 4.12. The van der Waals surface area contributed by atoms with Gasteiger partial charge in [0.25, 0.3) is 0 Å². The van der Waals surface area contributed by atoms with Crippen LogP contribution in [-0.4, -0.2) is 45.7 Å². The minimum atomic E-state index is -1.43. The molecule has 1 fully saturated rings. The molecule has 1 heterocycles. The van der Waals surface area contributed by atoms with E-state index in [2.05, 4.69) is 0 Å². The van der Waals surface area contributed by atoms with Gasteiger partial charge in [-0.05, 0) is 32.3 Å². The molecule has 2 N–H and O–H groups in total. The minimum absolute atomic E-state index is 0.0623. The van der Waals surface area contributed by atoms with E-state index < -0.39 is 17.4 Å². The van der Waals surface area contributed by atoms with E-state index in [-0.39, 0.29) is 13.2 Å². The van der Waals surface area contributed by atoms with Gasteiger partial charge in [-0.3, -0.25) is 4.90 Å². The van der Waals surface area contributed by atoms with E-state index in [1.54, 1.807) is 13.8 Å². The van der Waals surface area contributed by atoms with Crippen molar-refractivity contribution in [1.82, 2.24) is 4.90 Å². The first kappa shape index (κ1) is 14.8. The lowest BCUT2D eigenvalue weighted by atomic mass is 9.87. The number of aliphatic hydroxyl groups excluding tert-OH is 1. The fraction of sp³-hybridized carbons (Fsp3) is 0.533. The highest BCUT2D eigenvalue weighted by molar-refractivity contribution is 5.72. The van der Waals surface area contributed by atoms with Crippen LogP contribution >= 0.6 is 0 Å². The molecule has 1 saturated heterocycles. The predicted octanol–water partition coefficient (Wildman–Crippen LogP) is 1.53. The van der Waals surface area contributed by atoms with Crippen molar-refractivity contribution < 1.29 is 19.7 Å². The number of cyclic esters (lactones) is 1. The molecule has 2 rings (SSSR count). The number of nitrogens with zero attached hydrogens (tertiary/aromatic N) is 1. The highest BCUT2D eigenvalue weighted by Crippen LogP contribution is 2.40.